The molecule has 3 rings (SSSR count). The Hall–Kier alpha value is -0.610. The fraction of sp³-hybridized carbons (Fsp3) is 0.625. The summed E-state index contributed by atoms with van der Waals surface area (Å²) in [7, 11) is 0. The summed E-state index contributed by atoms with van der Waals surface area (Å²) in [5.41, 5.74) is 7.35. The number of hydrogen-bond donors (Lipinski definition) is 1. The first-order valence-corrected chi connectivity index (χ1v) is 8.09. The predicted molar refractivity (Wildman–Crippen MR) is 84.0 cm³/mol. The molecule has 2 aliphatic rings. The maximum atomic E-state index is 6.05. The number of halogens is 1. The molecule has 1 aromatic rings. The summed E-state index contributed by atoms with van der Waals surface area (Å²) >= 11 is 5.98. The molecule has 2 unspecified atom stereocenters. The largest absolute Gasteiger partial charge is 0.329 e. The maximum absolute atomic E-state index is 6.05. The van der Waals surface area contributed by atoms with Gasteiger partial charge in [-0.15, -0.1) is 0 Å². The number of piperidine rings is 1. The van der Waals surface area contributed by atoms with Gasteiger partial charge in [-0.05, 0) is 37.1 Å². The first-order valence-electron chi connectivity index (χ1n) is 7.71. The van der Waals surface area contributed by atoms with Crippen LogP contribution in [0.5, 0.6) is 0 Å². The molecule has 0 spiro atoms. The average molecular weight is 294 g/mol. The van der Waals surface area contributed by atoms with Crippen LogP contribution in [0, 0.1) is 0 Å². The minimum Gasteiger partial charge on any atom is -0.329 e. The van der Waals surface area contributed by atoms with Crippen molar-refractivity contribution in [2.24, 2.45) is 5.73 Å². The van der Waals surface area contributed by atoms with Crippen molar-refractivity contribution in [1.29, 1.82) is 0 Å². The fourth-order valence-corrected chi connectivity index (χ4v) is 3.77. The van der Waals surface area contributed by atoms with Crippen LogP contribution < -0.4 is 5.73 Å². The standard InChI is InChI=1S/C16H24ClN3/c17-14-6-4-13(5-7-14)16(11-18)20-10-9-19-8-2-1-3-15(19)12-20/h4-7,15-16H,1-3,8-12,18H2. The van der Waals surface area contributed by atoms with Gasteiger partial charge in [0.05, 0.1) is 0 Å². The van der Waals surface area contributed by atoms with Gasteiger partial charge in [-0.2, -0.15) is 0 Å². The highest BCUT2D eigenvalue weighted by molar-refractivity contribution is 6.30. The predicted octanol–water partition coefficient (Wildman–Crippen LogP) is 2.51. The van der Waals surface area contributed by atoms with Crippen LogP contribution in [0.4, 0.5) is 0 Å². The minimum atomic E-state index is 0.330. The summed E-state index contributed by atoms with van der Waals surface area (Å²) < 4.78 is 0. The Labute approximate surface area is 126 Å². The lowest BCUT2D eigenvalue weighted by Crippen LogP contribution is -2.56. The molecule has 0 aromatic heterocycles. The highest BCUT2D eigenvalue weighted by atomic mass is 35.5. The molecule has 0 aliphatic carbocycles. The number of benzene rings is 1. The molecule has 2 N–H and O–H groups in total. The molecule has 0 bridgehead atoms. The van der Waals surface area contributed by atoms with Crippen molar-refractivity contribution in [2.45, 2.75) is 31.3 Å². The number of rotatable bonds is 3. The van der Waals surface area contributed by atoms with E-state index in [-0.39, 0.29) is 0 Å². The number of fused-ring (bicyclic) bond motifs is 1. The highest BCUT2D eigenvalue weighted by Gasteiger charge is 2.32. The van der Waals surface area contributed by atoms with Gasteiger partial charge in [-0.25, -0.2) is 0 Å². The second-order valence-corrected chi connectivity index (χ2v) is 6.42. The lowest BCUT2D eigenvalue weighted by Gasteiger charge is -2.46. The van der Waals surface area contributed by atoms with Gasteiger partial charge in [-0.3, -0.25) is 9.80 Å². The van der Waals surface area contributed by atoms with E-state index in [0.29, 0.717) is 12.6 Å². The zero-order valence-electron chi connectivity index (χ0n) is 12.0. The molecule has 0 amide bonds. The first kappa shape index (κ1) is 14.3. The van der Waals surface area contributed by atoms with E-state index in [0.717, 1.165) is 24.2 Å². The van der Waals surface area contributed by atoms with Crippen LogP contribution in [0.1, 0.15) is 30.9 Å². The molecule has 110 valence electrons. The van der Waals surface area contributed by atoms with Crippen molar-refractivity contribution in [3.8, 4) is 0 Å². The maximum Gasteiger partial charge on any atom is 0.0471 e. The number of nitrogens with two attached hydrogens (primary N) is 1. The van der Waals surface area contributed by atoms with E-state index in [4.69, 9.17) is 17.3 Å². The normalized spacial score (nSPS) is 26.2. The molecule has 2 heterocycles. The second kappa shape index (κ2) is 6.44. The quantitative estimate of drug-likeness (QED) is 0.929. The lowest BCUT2D eigenvalue weighted by molar-refractivity contribution is 0.0286. The summed E-state index contributed by atoms with van der Waals surface area (Å²) in [5.74, 6) is 0. The van der Waals surface area contributed by atoms with Crippen molar-refractivity contribution >= 4 is 11.6 Å². The Bertz CT molecular complexity index is 434. The molecule has 0 saturated carbocycles. The highest BCUT2D eigenvalue weighted by Crippen LogP contribution is 2.27. The van der Waals surface area contributed by atoms with Crippen molar-refractivity contribution < 1.29 is 0 Å². The van der Waals surface area contributed by atoms with Gasteiger partial charge in [0.1, 0.15) is 0 Å². The first-order chi connectivity index (χ1) is 9.78. The van der Waals surface area contributed by atoms with Crippen molar-refractivity contribution in [2.75, 3.05) is 32.7 Å². The molecular formula is C16H24ClN3. The number of piperazine rings is 1. The van der Waals surface area contributed by atoms with Gasteiger partial charge in [-0.1, -0.05) is 30.2 Å². The van der Waals surface area contributed by atoms with Crippen LogP contribution in [0.3, 0.4) is 0 Å². The third-order valence-corrected chi connectivity index (χ3v) is 5.04. The molecule has 2 fully saturated rings. The fourth-order valence-electron chi connectivity index (χ4n) is 3.64. The molecule has 20 heavy (non-hydrogen) atoms. The van der Waals surface area contributed by atoms with Gasteiger partial charge in [0.25, 0.3) is 0 Å². The minimum absolute atomic E-state index is 0.330. The average Bonchev–Trinajstić information content (AvgIpc) is 2.50. The number of nitrogens with zero attached hydrogens (tertiary/aromatic N) is 2. The number of hydrogen-bond acceptors (Lipinski definition) is 3. The van der Waals surface area contributed by atoms with Crippen molar-refractivity contribution in [1.82, 2.24) is 9.80 Å². The summed E-state index contributed by atoms with van der Waals surface area (Å²) in [4.78, 5) is 5.23. The van der Waals surface area contributed by atoms with E-state index in [9.17, 15) is 0 Å². The Morgan fingerprint density at radius 2 is 1.95 bits per heavy atom. The SMILES string of the molecule is NCC(c1ccc(Cl)cc1)N1CCN2CCCCC2C1. The molecular weight excluding hydrogens is 270 g/mol. The third-order valence-electron chi connectivity index (χ3n) is 4.79. The van der Waals surface area contributed by atoms with Crippen LogP contribution in [-0.4, -0.2) is 48.6 Å². The zero-order valence-corrected chi connectivity index (χ0v) is 12.7. The molecule has 2 aliphatic heterocycles. The van der Waals surface area contributed by atoms with Crippen LogP contribution in [0.2, 0.25) is 5.02 Å². The van der Waals surface area contributed by atoms with E-state index in [1.807, 2.05) is 12.1 Å². The van der Waals surface area contributed by atoms with Gasteiger partial charge < -0.3 is 5.73 Å². The van der Waals surface area contributed by atoms with Crippen LogP contribution in [0.15, 0.2) is 24.3 Å². The molecule has 3 nitrogen and oxygen atoms in total. The van der Waals surface area contributed by atoms with Gasteiger partial charge in [0.15, 0.2) is 0 Å². The smallest absolute Gasteiger partial charge is 0.0471 e. The third kappa shape index (κ3) is 3.01. The molecule has 1 aromatic carbocycles. The van der Waals surface area contributed by atoms with E-state index in [1.165, 1.54) is 37.9 Å². The topological polar surface area (TPSA) is 32.5 Å². The zero-order chi connectivity index (χ0) is 13.9. The van der Waals surface area contributed by atoms with E-state index in [2.05, 4.69) is 21.9 Å². The summed E-state index contributed by atoms with van der Waals surface area (Å²) in [6.45, 7) is 5.43. The monoisotopic (exact) mass is 293 g/mol. The van der Waals surface area contributed by atoms with E-state index >= 15 is 0 Å². The van der Waals surface area contributed by atoms with E-state index in [1.54, 1.807) is 0 Å². The van der Waals surface area contributed by atoms with Crippen LogP contribution in [-0.2, 0) is 0 Å². The Morgan fingerprint density at radius 3 is 2.70 bits per heavy atom. The summed E-state index contributed by atoms with van der Waals surface area (Å²) in [6, 6.07) is 9.24. The molecule has 2 saturated heterocycles. The summed E-state index contributed by atoms with van der Waals surface area (Å²) in [5, 5.41) is 0.793. The van der Waals surface area contributed by atoms with Gasteiger partial charge >= 0.3 is 0 Å². The summed E-state index contributed by atoms with van der Waals surface area (Å²) in [6.07, 6.45) is 4.09. The van der Waals surface area contributed by atoms with Gasteiger partial charge in [0, 0.05) is 43.3 Å². The van der Waals surface area contributed by atoms with Crippen LogP contribution in [0.25, 0.3) is 0 Å². The van der Waals surface area contributed by atoms with Crippen molar-refractivity contribution in [3.05, 3.63) is 34.9 Å². The second-order valence-electron chi connectivity index (χ2n) is 5.98. The molecule has 4 heteroatoms. The Balaban J connectivity index is 1.71. The molecule has 0 radical (unpaired) electrons. The Morgan fingerprint density at radius 1 is 1.15 bits per heavy atom. The molecule has 2 atom stereocenters. The van der Waals surface area contributed by atoms with E-state index < -0.39 is 0 Å². The lowest BCUT2D eigenvalue weighted by atomic mass is 9.97. The van der Waals surface area contributed by atoms with Crippen molar-refractivity contribution in [3.63, 3.8) is 0 Å². The van der Waals surface area contributed by atoms with Gasteiger partial charge in [0.2, 0.25) is 0 Å². The Kier molecular flexibility index (Phi) is 4.61. The van der Waals surface area contributed by atoms with Crippen LogP contribution >= 0.6 is 11.6 Å².